The van der Waals surface area contributed by atoms with E-state index in [4.69, 9.17) is 24.5 Å². The molecule has 3 heterocycles. The van der Waals surface area contributed by atoms with Gasteiger partial charge in [0.25, 0.3) is 0 Å². The van der Waals surface area contributed by atoms with Crippen LogP contribution >= 0.6 is 11.8 Å². The molecule has 2 fully saturated rings. The number of thioether (sulfide) groups is 1. The molecule has 0 aromatic carbocycles. The lowest BCUT2D eigenvalue weighted by atomic mass is 9.75. The van der Waals surface area contributed by atoms with E-state index in [1.807, 2.05) is 25.6 Å². The quantitative estimate of drug-likeness (QED) is 0.0211. The zero-order chi connectivity index (χ0) is 40.9. The lowest BCUT2D eigenvalue weighted by Crippen LogP contribution is -2.36. The second kappa shape index (κ2) is 24.5. The van der Waals surface area contributed by atoms with Gasteiger partial charge in [-0.15, -0.1) is 0 Å². The molecule has 3 aliphatic rings. The molecule has 3 atom stereocenters. The van der Waals surface area contributed by atoms with E-state index >= 15 is 0 Å². The van der Waals surface area contributed by atoms with Crippen molar-refractivity contribution in [3.63, 3.8) is 0 Å². The number of urea groups is 1. The minimum absolute atomic E-state index is 0.00192. The van der Waals surface area contributed by atoms with E-state index in [0.717, 1.165) is 25.0 Å². The first-order chi connectivity index (χ1) is 27.5. The highest BCUT2D eigenvalue weighted by atomic mass is 32.2. The average Bonchev–Trinajstić information content (AvgIpc) is 3.72. The minimum atomic E-state index is -0.360. The molecule has 0 radical (unpaired) electrons. The number of Topliss-reactive ketones (excluding diaryl/α,β-unsaturated/α-hetero) is 1. The van der Waals surface area contributed by atoms with Gasteiger partial charge in [0.05, 0.1) is 94.7 Å². The Morgan fingerprint density at radius 3 is 2.37 bits per heavy atom. The molecule has 1 aromatic heterocycles. The largest absolute Gasteiger partial charge is 0.511 e. The van der Waals surface area contributed by atoms with Crippen LogP contribution in [-0.4, -0.2) is 128 Å². The van der Waals surface area contributed by atoms with Crippen LogP contribution in [0.1, 0.15) is 70.9 Å². The van der Waals surface area contributed by atoms with Crippen molar-refractivity contribution in [3.8, 4) is 0 Å². The van der Waals surface area contributed by atoms with Crippen LogP contribution in [0, 0.1) is 5.41 Å². The second-order valence-electron chi connectivity index (χ2n) is 14.7. The maximum absolute atomic E-state index is 13.1. The van der Waals surface area contributed by atoms with Crippen molar-refractivity contribution in [2.75, 3.05) is 77.0 Å². The third kappa shape index (κ3) is 16.6. The van der Waals surface area contributed by atoms with Crippen LogP contribution in [0.4, 0.5) is 10.5 Å². The number of nitrogens with zero attached hydrogens (tertiary/aromatic N) is 5. The summed E-state index contributed by atoms with van der Waals surface area (Å²) in [6.45, 7) is 7.37. The molecule has 2 saturated heterocycles. The summed E-state index contributed by atoms with van der Waals surface area (Å²) < 4.78 is 22.4. The number of carbonyl (C=O) groups excluding carboxylic acids is 4. The summed E-state index contributed by atoms with van der Waals surface area (Å²) in [6.07, 6.45) is 5.65. The summed E-state index contributed by atoms with van der Waals surface area (Å²) in [7, 11) is 0. The van der Waals surface area contributed by atoms with E-state index in [1.54, 1.807) is 12.1 Å². The number of aliphatic hydroxyl groups is 1. The number of rotatable bonds is 27. The summed E-state index contributed by atoms with van der Waals surface area (Å²) in [5.74, 6) is 0.476. The summed E-state index contributed by atoms with van der Waals surface area (Å²) >= 11 is 1.89. The lowest BCUT2D eigenvalue weighted by molar-refractivity contribution is -0.121. The number of amides is 4. The molecule has 5 N–H and O–H groups in total. The van der Waals surface area contributed by atoms with Crippen molar-refractivity contribution in [1.29, 1.82) is 0 Å². The SMILES string of the molecule is CC1(C)CC(=O)C(C(CCOCCOCCOCCOCCNC(=O)CCCC[C@@H]2SC[C@@H]3NC(=O)N[C@@H]32)=NCCC(=O)Nc2ccc(CN=[N+]=[N-])nc2)=C(O)C1. The predicted octanol–water partition coefficient (Wildman–Crippen LogP) is 4.16. The van der Waals surface area contributed by atoms with Crippen molar-refractivity contribution in [2.24, 2.45) is 15.5 Å². The molecule has 1 aliphatic carbocycles. The number of unbranched alkanes of at least 4 members (excludes halogenated alkanes) is 1. The molecule has 0 bridgehead atoms. The number of aliphatic hydroxyl groups excluding tert-OH is 1. The number of ether oxygens (including phenoxy) is 4. The van der Waals surface area contributed by atoms with Crippen LogP contribution in [0.3, 0.4) is 0 Å². The molecular weight excluding hydrogens is 759 g/mol. The summed E-state index contributed by atoms with van der Waals surface area (Å²) in [5.41, 5.74) is 9.77. The number of carbonyl (C=O) groups is 4. The zero-order valence-electron chi connectivity index (χ0n) is 33.0. The van der Waals surface area contributed by atoms with Crippen molar-refractivity contribution < 1.29 is 43.2 Å². The van der Waals surface area contributed by atoms with Crippen LogP contribution in [0.2, 0.25) is 0 Å². The van der Waals surface area contributed by atoms with Crippen LogP contribution in [0.15, 0.2) is 39.8 Å². The number of pyridine rings is 1. The summed E-state index contributed by atoms with van der Waals surface area (Å²) in [4.78, 5) is 60.6. The van der Waals surface area contributed by atoms with E-state index in [1.165, 1.54) is 6.20 Å². The molecule has 1 aromatic rings. The third-order valence-corrected chi connectivity index (χ3v) is 10.9. The van der Waals surface area contributed by atoms with Gasteiger partial charge in [-0.2, -0.15) is 11.8 Å². The number of hydrogen-bond acceptors (Lipinski definition) is 13. The van der Waals surface area contributed by atoms with E-state index in [2.05, 4.69) is 41.3 Å². The molecule has 18 nitrogen and oxygen atoms in total. The molecule has 2 aliphatic heterocycles. The number of azide groups is 1. The lowest BCUT2D eigenvalue weighted by Gasteiger charge is -2.30. The van der Waals surface area contributed by atoms with Crippen LogP contribution < -0.4 is 21.3 Å². The van der Waals surface area contributed by atoms with E-state index in [0.29, 0.717) is 88.0 Å². The molecule has 0 saturated carbocycles. The standard InChI is InChI=1S/C38H57N9O9S/c1-38(2)21-30(48)35(31(49)22-38)28(40-11-9-34(51)44-27-8-7-26(42-23-27)24-43-47-39)10-13-53-15-17-55-19-20-56-18-16-54-14-12-41-33(50)6-4-3-5-32-36-29(25-57-32)45-37(52)46-36/h7-8,23,29,32,36,48H,3-6,9-22,24-25H2,1-2H3,(H,41,50)(H,44,51)(H2,45,46,52)/t29-,32-,36-/m0/s1. The van der Waals surface area contributed by atoms with Crippen LogP contribution in [-0.2, 0) is 39.9 Å². The van der Waals surface area contributed by atoms with Gasteiger partial charge in [0, 0.05) is 66.8 Å². The Bertz CT molecular complexity index is 1600. The third-order valence-electron chi connectivity index (χ3n) is 9.44. The fourth-order valence-corrected chi connectivity index (χ4v) is 8.21. The highest BCUT2D eigenvalue weighted by molar-refractivity contribution is 8.00. The van der Waals surface area contributed by atoms with Gasteiger partial charge < -0.3 is 45.3 Å². The molecule has 0 unspecified atom stereocenters. The maximum Gasteiger partial charge on any atom is 0.315 e. The molecule has 314 valence electrons. The van der Waals surface area contributed by atoms with Crippen molar-refractivity contribution >= 4 is 46.8 Å². The van der Waals surface area contributed by atoms with Crippen molar-refractivity contribution in [2.45, 2.75) is 89.1 Å². The van der Waals surface area contributed by atoms with Gasteiger partial charge in [0.2, 0.25) is 11.8 Å². The molecule has 4 rings (SSSR count). The van der Waals surface area contributed by atoms with Gasteiger partial charge in [-0.3, -0.25) is 24.4 Å². The van der Waals surface area contributed by atoms with Gasteiger partial charge in [0.15, 0.2) is 5.78 Å². The first-order valence-electron chi connectivity index (χ1n) is 19.6. The monoisotopic (exact) mass is 815 g/mol. The highest BCUT2D eigenvalue weighted by Crippen LogP contribution is 2.36. The number of fused-ring (bicyclic) bond motifs is 1. The maximum atomic E-state index is 13.1. The normalized spacial score (nSPS) is 20.1. The number of hydrogen-bond donors (Lipinski definition) is 5. The van der Waals surface area contributed by atoms with Gasteiger partial charge >= 0.3 is 6.03 Å². The number of aliphatic imine (C=N–C) groups is 1. The smallest absolute Gasteiger partial charge is 0.315 e. The Morgan fingerprint density at radius 1 is 0.965 bits per heavy atom. The van der Waals surface area contributed by atoms with Crippen molar-refractivity contribution in [1.82, 2.24) is 20.9 Å². The Hall–Kier alpha value is -4.26. The molecule has 19 heteroatoms. The average molecular weight is 816 g/mol. The van der Waals surface area contributed by atoms with Crippen LogP contribution in [0.25, 0.3) is 10.4 Å². The van der Waals surface area contributed by atoms with E-state index < -0.39 is 0 Å². The van der Waals surface area contributed by atoms with Gasteiger partial charge in [-0.1, -0.05) is 25.4 Å². The Morgan fingerprint density at radius 2 is 1.68 bits per heavy atom. The topological polar surface area (TPSA) is 248 Å². The summed E-state index contributed by atoms with van der Waals surface area (Å²) in [6, 6.07) is 3.67. The number of nitrogens with one attached hydrogen (secondary N) is 4. The Balaban J connectivity index is 1.01. The number of anilines is 1. The van der Waals surface area contributed by atoms with Gasteiger partial charge in [-0.25, -0.2) is 4.79 Å². The Labute approximate surface area is 337 Å². The Kier molecular flexibility index (Phi) is 19.5. The van der Waals surface area contributed by atoms with E-state index in [9.17, 15) is 24.3 Å². The molecular formula is C38H57N9O9S. The number of ketones is 1. The molecule has 0 spiro atoms. The number of allylic oxidation sites excluding steroid dienone is 2. The fourth-order valence-electron chi connectivity index (χ4n) is 6.67. The molecule has 57 heavy (non-hydrogen) atoms. The fraction of sp³-hybridized carbons (Fsp3) is 0.684. The van der Waals surface area contributed by atoms with Crippen molar-refractivity contribution in [3.05, 3.63) is 45.8 Å². The number of aromatic nitrogens is 1. The second-order valence-corrected chi connectivity index (χ2v) is 16.0. The minimum Gasteiger partial charge on any atom is -0.511 e. The first kappa shape index (κ1) is 45.4. The summed E-state index contributed by atoms with van der Waals surface area (Å²) in [5, 5.41) is 26.2. The molecule has 4 amide bonds. The zero-order valence-corrected chi connectivity index (χ0v) is 33.8. The van der Waals surface area contributed by atoms with E-state index in [-0.39, 0.29) is 91.4 Å². The first-order valence-corrected chi connectivity index (χ1v) is 20.6. The predicted molar refractivity (Wildman–Crippen MR) is 215 cm³/mol. The van der Waals surface area contributed by atoms with Crippen LogP contribution in [0.5, 0.6) is 0 Å². The van der Waals surface area contributed by atoms with Gasteiger partial charge in [-0.05, 0) is 35.9 Å². The highest BCUT2D eigenvalue weighted by Gasteiger charge is 2.42. The van der Waals surface area contributed by atoms with Gasteiger partial charge in [0.1, 0.15) is 5.76 Å².